The molecule has 0 spiro atoms. The third-order valence-electron chi connectivity index (χ3n) is 3.45. The Labute approximate surface area is 121 Å². The summed E-state index contributed by atoms with van der Waals surface area (Å²) in [7, 11) is 0. The van der Waals surface area contributed by atoms with Gasteiger partial charge in [0.05, 0.1) is 29.4 Å². The Balaban J connectivity index is 1.75. The Morgan fingerprint density at radius 2 is 2.15 bits per heavy atom. The van der Waals surface area contributed by atoms with Crippen molar-refractivity contribution >= 4 is 11.6 Å². The fourth-order valence-corrected chi connectivity index (χ4v) is 2.39. The minimum atomic E-state index is -0.739. The van der Waals surface area contributed by atoms with Crippen molar-refractivity contribution in [2.75, 3.05) is 13.2 Å². The molecule has 0 unspecified atom stereocenters. The molecule has 0 aliphatic carbocycles. The van der Waals surface area contributed by atoms with Gasteiger partial charge in [0.25, 0.3) is 0 Å². The zero-order chi connectivity index (χ0) is 14.0. The highest BCUT2D eigenvalue weighted by atomic mass is 35.5. The van der Waals surface area contributed by atoms with Crippen LogP contribution in [0.1, 0.15) is 18.5 Å². The number of hydrogen-bond donors (Lipinski definition) is 1. The van der Waals surface area contributed by atoms with E-state index in [-0.39, 0.29) is 0 Å². The lowest BCUT2D eigenvalue weighted by Gasteiger charge is -2.31. The molecule has 0 atom stereocenters. The molecule has 1 aliphatic rings. The second kappa shape index (κ2) is 5.47. The number of rotatable bonds is 3. The molecule has 6 nitrogen and oxygen atoms in total. The first-order valence-electron chi connectivity index (χ1n) is 6.48. The van der Waals surface area contributed by atoms with Crippen molar-refractivity contribution in [1.82, 2.24) is 20.0 Å². The minimum Gasteiger partial charge on any atom is -0.389 e. The van der Waals surface area contributed by atoms with E-state index in [4.69, 9.17) is 16.3 Å². The van der Waals surface area contributed by atoms with E-state index in [1.54, 1.807) is 23.1 Å². The topological polar surface area (TPSA) is 73.1 Å². The molecule has 3 rings (SSSR count). The molecule has 0 aromatic carbocycles. The second-order valence-corrected chi connectivity index (χ2v) is 5.39. The maximum atomic E-state index is 10.5. The number of pyridine rings is 1. The number of aromatic nitrogens is 4. The van der Waals surface area contributed by atoms with Gasteiger partial charge in [-0.3, -0.25) is 0 Å². The Bertz CT molecular complexity index is 578. The van der Waals surface area contributed by atoms with Gasteiger partial charge < -0.3 is 9.84 Å². The highest BCUT2D eigenvalue weighted by Crippen LogP contribution is 2.24. The van der Waals surface area contributed by atoms with E-state index in [9.17, 15) is 5.11 Å². The fourth-order valence-electron chi connectivity index (χ4n) is 2.27. The molecule has 1 N–H and O–H groups in total. The van der Waals surface area contributed by atoms with E-state index >= 15 is 0 Å². The van der Waals surface area contributed by atoms with Crippen molar-refractivity contribution in [3.8, 4) is 5.69 Å². The predicted octanol–water partition coefficient (Wildman–Crippen LogP) is 1.40. The van der Waals surface area contributed by atoms with E-state index < -0.39 is 5.60 Å². The molecule has 1 fully saturated rings. The van der Waals surface area contributed by atoms with E-state index in [1.165, 1.54) is 0 Å². The van der Waals surface area contributed by atoms with Crippen molar-refractivity contribution in [2.24, 2.45) is 0 Å². The molecule has 0 bridgehead atoms. The normalized spacial score (nSPS) is 18.1. The van der Waals surface area contributed by atoms with Crippen molar-refractivity contribution in [1.29, 1.82) is 0 Å². The third-order valence-corrected chi connectivity index (χ3v) is 3.67. The Kier molecular flexibility index (Phi) is 3.69. The smallest absolute Gasteiger partial charge is 0.129 e. The van der Waals surface area contributed by atoms with Crippen LogP contribution in [-0.2, 0) is 11.2 Å². The summed E-state index contributed by atoms with van der Waals surface area (Å²) in [6.07, 6.45) is 5.17. The molecule has 0 saturated carbocycles. The first-order valence-corrected chi connectivity index (χ1v) is 6.86. The SMILES string of the molecule is OC1(Cc2cn(-c3ccc(Cl)nc3)nn2)CCOCC1. The molecule has 1 aliphatic heterocycles. The summed E-state index contributed by atoms with van der Waals surface area (Å²) in [6.45, 7) is 1.18. The van der Waals surface area contributed by atoms with Crippen molar-refractivity contribution < 1.29 is 9.84 Å². The average molecular weight is 295 g/mol. The van der Waals surface area contributed by atoms with Gasteiger partial charge in [-0.2, -0.15) is 0 Å². The van der Waals surface area contributed by atoms with Gasteiger partial charge in [-0.25, -0.2) is 9.67 Å². The molecule has 2 aromatic rings. The molecule has 20 heavy (non-hydrogen) atoms. The van der Waals surface area contributed by atoms with Gasteiger partial charge in [-0.15, -0.1) is 5.10 Å². The van der Waals surface area contributed by atoms with Crippen LogP contribution in [0.5, 0.6) is 0 Å². The van der Waals surface area contributed by atoms with Gasteiger partial charge >= 0.3 is 0 Å². The molecule has 106 valence electrons. The van der Waals surface area contributed by atoms with Crippen LogP contribution >= 0.6 is 11.6 Å². The Morgan fingerprint density at radius 3 is 2.85 bits per heavy atom. The quantitative estimate of drug-likeness (QED) is 0.866. The monoisotopic (exact) mass is 294 g/mol. The summed E-state index contributed by atoms with van der Waals surface area (Å²) < 4.78 is 6.89. The van der Waals surface area contributed by atoms with Gasteiger partial charge in [-0.1, -0.05) is 16.8 Å². The van der Waals surface area contributed by atoms with Gasteiger partial charge in [0.1, 0.15) is 5.15 Å². The van der Waals surface area contributed by atoms with Gasteiger partial charge in [0.2, 0.25) is 0 Å². The van der Waals surface area contributed by atoms with Crippen LogP contribution in [0.3, 0.4) is 0 Å². The molecule has 1 saturated heterocycles. The second-order valence-electron chi connectivity index (χ2n) is 5.01. The fraction of sp³-hybridized carbons (Fsp3) is 0.462. The number of aliphatic hydroxyl groups is 1. The van der Waals surface area contributed by atoms with Crippen LogP contribution in [0.15, 0.2) is 24.5 Å². The van der Waals surface area contributed by atoms with Gasteiger partial charge in [0.15, 0.2) is 0 Å². The van der Waals surface area contributed by atoms with Gasteiger partial charge in [0, 0.05) is 19.6 Å². The van der Waals surface area contributed by atoms with E-state index in [0.717, 1.165) is 11.4 Å². The van der Waals surface area contributed by atoms with E-state index in [2.05, 4.69) is 15.3 Å². The number of hydrogen-bond acceptors (Lipinski definition) is 5. The summed E-state index contributed by atoms with van der Waals surface area (Å²) in [4.78, 5) is 4.00. The highest BCUT2D eigenvalue weighted by molar-refractivity contribution is 6.29. The summed E-state index contributed by atoms with van der Waals surface area (Å²) in [5.41, 5.74) is 0.800. The minimum absolute atomic E-state index is 0.436. The number of halogens is 1. The molecule has 7 heteroatoms. The summed E-state index contributed by atoms with van der Waals surface area (Å²) in [5.74, 6) is 0. The Morgan fingerprint density at radius 1 is 1.35 bits per heavy atom. The summed E-state index contributed by atoms with van der Waals surface area (Å²) in [6, 6.07) is 3.52. The first kappa shape index (κ1) is 13.5. The lowest BCUT2D eigenvalue weighted by atomic mass is 9.90. The summed E-state index contributed by atoms with van der Waals surface area (Å²) in [5, 5.41) is 19.0. The van der Waals surface area contributed by atoms with E-state index in [1.807, 2.05) is 6.07 Å². The van der Waals surface area contributed by atoms with Crippen LogP contribution in [0, 0.1) is 0 Å². The predicted molar refractivity (Wildman–Crippen MR) is 72.9 cm³/mol. The molecular weight excluding hydrogens is 280 g/mol. The standard InChI is InChI=1S/C13H15ClN4O2/c14-12-2-1-11(8-15-12)18-9-10(16-17-18)7-13(19)3-5-20-6-4-13/h1-2,8-9,19H,3-7H2. The maximum Gasteiger partial charge on any atom is 0.129 e. The number of nitrogens with zero attached hydrogens (tertiary/aromatic N) is 4. The van der Waals surface area contributed by atoms with Crippen molar-refractivity contribution in [3.05, 3.63) is 35.4 Å². The molecule has 2 aromatic heterocycles. The van der Waals surface area contributed by atoms with Crippen LogP contribution in [0.25, 0.3) is 5.69 Å². The van der Waals surface area contributed by atoms with Crippen LogP contribution < -0.4 is 0 Å². The molecule has 3 heterocycles. The lowest BCUT2D eigenvalue weighted by Crippen LogP contribution is -2.38. The largest absolute Gasteiger partial charge is 0.389 e. The Hall–Kier alpha value is -1.50. The molecular formula is C13H15ClN4O2. The van der Waals surface area contributed by atoms with Crippen molar-refractivity contribution in [3.63, 3.8) is 0 Å². The van der Waals surface area contributed by atoms with Crippen LogP contribution in [-0.4, -0.2) is 43.9 Å². The number of ether oxygens (including phenoxy) is 1. The summed E-state index contributed by atoms with van der Waals surface area (Å²) >= 11 is 5.75. The van der Waals surface area contributed by atoms with Crippen LogP contribution in [0.4, 0.5) is 0 Å². The zero-order valence-corrected chi connectivity index (χ0v) is 11.6. The first-order chi connectivity index (χ1) is 9.65. The molecule has 0 radical (unpaired) electrons. The molecule has 0 amide bonds. The van der Waals surface area contributed by atoms with Gasteiger partial charge in [-0.05, 0) is 25.0 Å². The lowest BCUT2D eigenvalue weighted by molar-refractivity contribution is -0.0630. The zero-order valence-electron chi connectivity index (χ0n) is 10.9. The van der Waals surface area contributed by atoms with Crippen LogP contribution in [0.2, 0.25) is 5.15 Å². The average Bonchev–Trinajstić information content (AvgIpc) is 2.88. The highest BCUT2D eigenvalue weighted by Gasteiger charge is 2.31. The third kappa shape index (κ3) is 2.98. The maximum absolute atomic E-state index is 10.5. The van der Waals surface area contributed by atoms with E-state index in [0.29, 0.717) is 37.6 Å². The van der Waals surface area contributed by atoms with Crippen molar-refractivity contribution in [2.45, 2.75) is 24.9 Å².